The van der Waals surface area contributed by atoms with Crippen molar-refractivity contribution in [1.29, 1.82) is 0 Å². The molecule has 1 amide bonds. The summed E-state index contributed by atoms with van der Waals surface area (Å²) in [7, 11) is 1.10. The topological polar surface area (TPSA) is 64.7 Å². The molecule has 13 heteroatoms. The monoisotopic (exact) mass is 573 g/mol. The van der Waals surface area contributed by atoms with Gasteiger partial charge in [-0.15, -0.1) is 0 Å². The van der Waals surface area contributed by atoms with Gasteiger partial charge in [0.25, 0.3) is 5.91 Å². The smallest absolute Gasteiger partial charge is 0.303 e. The van der Waals surface area contributed by atoms with E-state index in [4.69, 9.17) is 23.2 Å². The Labute approximate surface area is 189 Å². The lowest BCUT2D eigenvalue weighted by Gasteiger charge is -2.06. The number of halogens is 7. The summed E-state index contributed by atoms with van der Waals surface area (Å²) in [4.78, 5) is 12.4. The van der Waals surface area contributed by atoms with Crippen molar-refractivity contribution in [3.05, 3.63) is 60.3 Å². The third-order valence-corrected chi connectivity index (χ3v) is 5.82. The molecule has 3 aromatic rings. The second-order valence-electron chi connectivity index (χ2n) is 5.86. The van der Waals surface area contributed by atoms with Crippen LogP contribution in [-0.4, -0.2) is 25.5 Å². The van der Waals surface area contributed by atoms with Gasteiger partial charge in [0.15, 0.2) is 17.2 Å². The quantitative estimate of drug-likeness (QED) is 0.430. The number of nitrogens with zero attached hydrogens (tertiary/aromatic N) is 4. The van der Waals surface area contributed by atoms with Gasteiger partial charge in [-0.25, -0.2) is 0 Å². The molecule has 1 aromatic carbocycles. The third kappa shape index (κ3) is 4.79. The number of alkyl halides is 3. The number of rotatable bonds is 4. The van der Waals surface area contributed by atoms with E-state index in [0.717, 1.165) is 12.6 Å². The molecular weight excluding hydrogens is 566 g/mol. The second kappa shape index (κ2) is 8.29. The highest BCUT2D eigenvalue weighted by Gasteiger charge is 2.39. The van der Waals surface area contributed by atoms with Gasteiger partial charge < -0.3 is 5.32 Å². The first-order valence-corrected chi connectivity index (χ1v) is 10.1. The standard InChI is InChI=1S/C16H10Br2Cl2F3N5O/c1-27-13(16(21,22)23)11(18)12(25-27)15(29)24-14-8(17)6-28(26-14)5-7-2-3-9(19)10(20)4-7/h2-4,6H,5H2,1H3,(H,24,26,29). The predicted octanol–water partition coefficient (Wildman–Crippen LogP) is 5.77. The van der Waals surface area contributed by atoms with Crippen LogP contribution in [0.25, 0.3) is 0 Å². The zero-order valence-corrected chi connectivity index (χ0v) is 19.0. The Morgan fingerprint density at radius 2 is 1.90 bits per heavy atom. The van der Waals surface area contributed by atoms with Crippen molar-refractivity contribution in [3.63, 3.8) is 0 Å². The number of benzene rings is 1. The van der Waals surface area contributed by atoms with Crippen LogP contribution in [0.1, 0.15) is 21.7 Å². The van der Waals surface area contributed by atoms with Crippen LogP contribution in [0.2, 0.25) is 10.0 Å². The van der Waals surface area contributed by atoms with Crippen LogP contribution in [0.15, 0.2) is 33.3 Å². The van der Waals surface area contributed by atoms with Crippen molar-refractivity contribution >= 4 is 66.8 Å². The van der Waals surface area contributed by atoms with E-state index in [1.54, 1.807) is 24.4 Å². The van der Waals surface area contributed by atoms with Crippen molar-refractivity contribution in [3.8, 4) is 0 Å². The molecule has 0 saturated carbocycles. The van der Waals surface area contributed by atoms with Crippen molar-refractivity contribution in [1.82, 2.24) is 19.6 Å². The summed E-state index contributed by atoms with van der Waals surface area (Å²) in [5, 5.41) is 11.1. The van der Waals surface area contributed by atoms with Crippen LogP contribution >= 0.6 is 55.1 Å². The Hall–Kier alpha value is -1.56. The van der Waals surface area contributed by atoms with E-state index < -0.39 is 27.9 Å². The molecule has 29 heavy (non-hydrogen) atoms. The number of anilines is 1. The fraction of sp³-hybridized carbons (Fsp3) is 0.188. The normalized spacial score (nSPS) is 11.7. The van der Waals surface area contributed by atoms with E-state index in [2.05, 4.69) is 47.4 Å². The Balaban J connectivity index is 1.81. The fourth-order valence-electron chi connectivity index (χ4n) is 2.51. The van der Waals surface area contributed by atoms with E-state index in [1.165, 1.54) is 4.68 Å². The van der Waals surface area contributed by atoms with Crippen LogP contribution in [0, 0.1) is 0 Å². The summed E-state index contributed by atoms with van der Waals surface area (Å²) in [6.07, 6.45) is -3.06. The Morgan fingerprint density at radius 3 is 2.48 bits per heavy atom. The average Bonchev–Trinajstić information content (AvgIpc) is 3.09. The molecule has 0 radical (unpaired) electrons. The van der Waals surface area contributed by atoms with E-state index in [0.29, 0.717) is 25.7 Å². The summed E-state index contributed by atoms with van der Waals surface area (Å²) in [6.45, 7) is 0.330. The van der Waals surface area contributed by atoms with E-state index in [9.17, 15) is 18.0 Å². The number of hydrogen-bond donors (Lipinski definition) is 1. The molecule has 0 spiro atoms. The maximum absolute atomic E-state index is 13.1. The summed E-state index contributed by atoms with van der Waals surface area (Å²) < 4.78 is 41.3. The summed E-state index contributed by atoms with van der Waals surface area (Å²) in [6, 6.07) is 5.10. The van der Waals surface area contributed by atoms with E-state index in [-0.39, 0.29) is 5.82 Å². The molecule has 0 unspecified atom stereocenters. The third-order valence-electron chi connectivity index (χ3n) is 3.75. The first-order valence-electron chi connectivity index (χ1n) is 7.75. The minimum atomic E-state index is -4.67. The largest absolute Gasteiger partial charge is 0.434 e. The Kier molecular flexibility index (Phi) is 6.32. The van der Waals surface area contributed by atoms with Crippen LogP contribution in [0.5, 0.6) is 0 Å². The molecule has 1 N–H and O–H groups in total. The number of hydrogen-bond acceptors (Lipinski definition) is 3. The number of aromatic nitrogens is 4. The highest BCUT2D eigenvalue weighted by molar-refractivity contribution is 9.11. The first kappa shape index (κ1) is 22.1. The number of carbonyl (C=O) groups is 1. The van der Waals surface area contributed by atoms with Gasteiger partial charge in [-0.05, 0) is 49.6 Å². The van der Waals surface area contributed by atoms with Crippen LogP contribution in [0.4, 0.5) is 19.0 Å². The Morgan fingerprint density at radius 1 is 1.21 bits per heavy atom. The molecule has 2 aromatic heterocycles. The van der Waals surface area contributed by atoms with E-state index >= 15 is 0 Å². The van der Waals surface area contributed by atoms with Gasteiger partial charge in [0.05, 0.1) is 25.5 Å². The molecular formula is C16H10Br2Cl2F3N5O. The number of amides is 1. The molecule has 154 valence electrons. The van der Waals surface area contributed by atoms with Gasteiger partial charge in [-0.2, -0.15) is 23.4 Å². The minimum absolute atomic E-state index is 0.126. The van der Waals surface area contributed by atoms with Gasteiger partial charge >= 0.3 is 6.18 Å². The maximum atomic E-state index is 13.1. The molecule has 2 heterocycles. The summed E-state index contributed by atoms with van der Waals surface area (Å²) >= 11 is 18.0. The maximum Gasteiger partial charge on any atom is 0.434 e. The van der Waals surface area contributed by atoms with Crippen molar-refractivity contribution in [2.24, 2.45) is 7.05 Å². The molecule has 0 atom stereocenters. The summed E-state index contributed by atoms with van der Waals surface area (Å²) in [5.41, 5.74) is -0.660. The van der Waals surface area contributed by atoms with Gasteiger partial charge in [0.1, 0.15) is 0 Å². The molecule has 6 nitrogen and oxygen atoms in total. The van der Waals surface area contributed by atoms with Crippen molar-refractivity contribution in [2.45, 2.75) is 12.7 Å². The number of nitrogens with one attached hydrogen (secondary N) is 1. The van der Waals surface area contributed by atoms with Crippen molar-refractivity contribution in [2.75, 3.05) is 5.32 Å². The summed E-state index contributed by atoms with van der Waals surface area (Å²) in [5.74, 6) is -0.718. The highest BCUT2D eigenvalue weighted by atomic mass is 79.9. The van der Waals surface area contributed by atoms with Crippen molar-refractivity contribution < 1.29 is 18.0 Å². The van der Waals surface area contributed by atoms with Crippen LogP contribution in [0.3, 0.4) is 0 Å². The van der Waals surface area contributed by atoms with Gasteiger partial charge in [-0.1, -0.05) is 29.3 Å². The molecule has 0 aliphatic rings. The van der Waals surface area contributed by atoms with Gasteiger partial charge in [-0.3, -0.25) is 14.2 Å². The SMILES string of the molecule is Cn1nc(C(=O)Nc2nn(Cc3ccc(Cl)c(Cl)c3)cc2Br)c(Br)c1C(F)(F)F. The minimum Gasteiger partial charge on any atom is -0.303 e. The lowest BCUT2D eigenvalue weighted by atomic mass is 10.2. The second-order valence-corrected chi connectivity index (χ2v) is 8.32. The fourth-order valence-corrected chi connectivity index (χ4v) is 3.98. The average molecular weight is 576 g/mol. The molecule has 0 saturated heterocycles. The van der Waals surface area contributed by atoms with Gasteiger partial charge in [0.2, 0.25) is 0 Å². The molecule has 0 aliphatic heterocycles. The van der Waals surface area contributed by atoms with Crippen LogP contribution < -0.4 is 5.32 Å². The predicted molar refractivity (Wildman–Crippen MR) is 109 cm³/mol. The number of carbonyl (C=O) groups excluding carboxylic acids is 1. The molecule has 0 aliphatic carbocycles. The zero-order chi connectivity index (χ0) is 21.5. The highest BCUT2D eigenvalue weighted by Crippen LogP contribution is 2.36. The number of aryl methyl sites for hydroxylation is 1. The Bertz CT molecular complexity index is 1100. The lowest BCUT2D eigenvalue weighted by Crippen LogP contribution is -2.14. The molecule has 0 bridgehead atoms. The van der Waals surface area contributed by atoms with E-state index in [1.807, 2.05) is 0 Å². The molecule has 3 rings (SSSR count). The zero-order valence-electron chi connectivity index (χ0n) is 14.4. The molecule has 0 fully saturated rings. The lowest BCUT2D eigenvalue weighted by molar-refractivity contribution is -0.144. The van der Waals surface area contributed by atoms with Gasteiger partial charge in [0, 0.05) is 13.2 Å². The first-order chi connectivity index (χ1) is 13.5. The van der Waals surface area contributed by atoms with Crippen LogP contribution in [-0.2, 0) is 19.8 Å².